The fraction of sp³-hybridized carbons (Fsp3) is 0.308. The summed E-state index contributed by atoms with van der Waals surface area (Å²) < 4.78 is 0. The van der Waals surface area contributed by atoms with Gasteiger partial charge in [-0.1, -0.05) is 11.6 Å². The van der Waals surface area contributed by atoms with Crippen LogP contribution in [0.1, 0.15) is 16.8 Å². The lowest BCUT2D eigenvalue weighted by molar-refractivity contribution is -0.123. The van der Waals surface area contributed by atoms with Crippen molar-refractivity contribution in [3.05, 3.63) is 28.8 Å². The van der Waals surface area contributed by atoms with Gasteiger partial charge in [-0.05, 0) is 18.2 Å². The third-order valence-electron chi connectivity index (χ3n) is 3.05. The first-order valence-corrected chi connectivity index (χ1v) is 6.48. The molecule has 0 bridgehead atoms. The number of hydrogen-bond donors (Lipinski definition) is 3. The van der Waals surface area contributed by atoms with Gasteiger partial charge in [0.05, 0.1) is 16.5 Å². The van der Waals surface area contributed by atoms with Crippen LogP contribution in [0.15, 0.2) is 18.2 Å². The van der Waals surface area contributed by atoms with Crippen molar-refractivity contribution in [1.29, 1.82) is 0 Å². The molecule has 1 fully saturated rings. The summed E-state index contributed by atoms with van der Waals surface area (Å²) >= 11 is 5.92. The SMILES string of the molecule is CNC(=O)c1cc(NC(=O)C2CNC(=O)C2)ccc1Cl. The van der Waals surface area contributed by atoms with E-state index in [-0.39, 0.29) is 35.6 Å². The zero-order valence-corrected chi connectivity index (χ0v) is 11.6. The molecular weight excluding hydrogens is 282 g/mol. The molecule has 0 saturated carbocycles. The fourth-order valence-corrected chi connectivity index (χ4v) is 2.15. The largest absolute Gasteiger partial charge is 0.355 e. The molecule has 3 amide bonds. The molecule has 7 heteroatoms. The lowest BCUT2D eigenvalue weighted by Crippen LogP contribution is -2.25. The van der Waals surface area contributed by atoms with Gasteiger partial charge in [-0.15, -0.1) is 0 Å². The van der Waals surface area contributed by atoms with Crippen molar-refractivity contribution >= 4 is 35.0 Å². The van der Waals surface area contributed by atoms with Crippen molar-refractivity contribution in [2.24, 2.45) is 5.92 Å². The van der Waals surface area contributed by atoms with Crippen LogP contribution in [-0.2, 0) is 9.59 Å². The Bertz CT molecular complexity index is 574. The first kappa shape index (κ1) is 14.3. The summed E-state index contributed by atoms with van der Waals surface area (Å²) in [5, 5.41) is 8.06. The second-order valence-corrected chi connectivity index (χ2v) is 4.88. The van der Waals surface area contributed by atoms with E-state index in [1.807, 2.05) is 0 Å². The smallest absolute Gasteiger partial charge is 0.252 e. The third-order valence-corrected chi connectivity index (χ3v) is 3.38. The first-order chi connectivity index (χ1) is 9.51. The molecule has 0 spiro atoms. The topological polar surface area (TPSA) is 87.3 Å². The number of carbonyl (C=O) groups is 3. The lowest BCUT2D eigenvalue weighted by atomic mass is 10.1. The van der Waals surface area contributed by atoms with Crippen molar-refractivity contribution in [2.75, 3.05) is 18.9 Å². The quantitative estimate of drug-likeness (QED) is 0.770. The monoisotopic (exact) mass is 295 g/mol. The standard InChI is InChI=1S/C13H14ClN3O3/c1-15-13(20)9-5-8(2-3-10(9)14)17-12(19)7-4-11(18)16-6-7/h2-3,5,7H,4,6H2,1H3,(H,15,20)(H,16,18)(H,17,19). The minimum atomic E-state index is -0.387. The van der Waals surface area contributed by atoms with Crippen LogP contribution in [0, 0.1) is 5.92 Å². The Morgan fingerprint density at radius 1 is 1.40 bits per heavy atom. The Morgan fingerprint density at radius 3 is 2.75 bits per heavy atom. The van der Waals surface area contributed by atoms with Gasteiger partial charge in [-0.25, -0.2) is 0 Å². The Balaban J connectivity index is 2.11. The highest BCUT2D eigenvalue weighted by molar-refractivity contribution is 6.34. The summed E-state index contributed by atoms with van der Waals surface area (Å²) in [4.78, 5) is 34.6. The molecule has 1 saturated heterocycles. The number of anilines is 1. The van der Waals surface area contributed by atoms with Gasteiger partial charge in [0.25, 0.3) is 5.91 Å². The second kappa shape index (κ2) is 5.92. The summed E-state index contributed by atoms with van der Waals surface area (Å²) in [5.74, 6) is -1.11. The van der Waals surface area contributed by atoms with Crippen LogP contribution in [0.2, 0.25) is 5.02 Å². The van der Waals surface area contributed by atoms with Gasteiger partial charge in [0, 0.05) is 25.7 Å². The predicted octanol–water partition coefficient (Wildman–Crippen LogP) is 0.774. The third kappa shape index (κ3) is 3.08. The van der Waals surface area contributed by atoms with Crippen molar-refractivity contribution in [3.63, 3.8) is 0 Å². The first-order valence-electron chi connectivity index (χ1n) is 6.10. The molecule has 1 aromatic rings. The molecule has 0 aromatic heterocycles. The highest BCUT2D eigenvalue weighted by Gasteiger charge is 2.28. The van der Waals surface area contributed by atoms with E-state index in [4.69, 9.17) is 11.6 Å². The molecule has 106 valence electrons. The number of rotatable bonds is 3. The normalized spacial score (nSPS) is 17.5. The summed E-state index contributed by atoms with van der Waals surface area (Å²) in [6, 6.07) is 4.65. The van der Waals surface area contributed by atoms with Gasteiger partial charge in [-0.2, -0.15) is 0 Å². The fourth-order valence-electron chi connectivity index (χ4n) is 1.95. The Morgan fingerprint density at radius 2 is 2.15 bits per heavy atom. The van der Waals surface area contributed by atoms with Crippen LogP contribution in [-0.4, -0.2) is 31.3 Å². The number of hydrogen-bond acceptors (Lipinski definition) is 3. The van der Waals surface area contributed by atoms with Crippen molar-refractivity contribution in [2.45, 2.75) is 6.42 Å². The molecule has 1 aromatic carbocycles. The van der Waals surface area contributed by atoms with Crippen molar-refractivity contribution in [1.82, 2.24) is 10.6 Å². The van der Waals surface area contributed by atoms with Crippen LogP contribution in [0.4, 0.5) is 5.69 Å². The maximum Gasteiger partial charge on any atom is 0.252 e. The van der Waals surface area contributed by atoms with E-state index >= 15 is 0 Å². The second-order valence-electron chi connectivity index (χ2n) is 4.47. The van der Waals surface area contributed by atoms with E-state index in [1.54, 1.807) is 12.1 Å². The molecule has 0 radical (unpaired) electrons. The summed E-state index contributed by atoms with van der Waals surface area (Å²) in [6.07, 6.45) is 0.182. The van der Waals surface area contributed by atoms with E-state index in [0.29, 0.717) is 17.3 Å². The zero-order valence-electron chi connectivity index (χ0n) is 10.8. The maximum absolute atomic E-state index is 12.0. The molecule has 1 aliphatic rings. The molecule has 1 atom stereocenters. The molecule has 3 N–H and O–H groups in total. The van der Waals surface area contributed by atoms with E-state index in [0.717, 1.165) is 0 Å². The Hall–Kier alpha value is -2.08. The van der Waals surface area contributed by atoms with E-state index in [1.165, 1.54) is 13.1 Å². The van der Waals surface area contributed by atoms with Crippen LogP contribution in [0.3, 0.4) is 0 Å². The van der Waals surface area contributed by atoms with Gasteiger partial charge in [-0.3, -0.25) is 14.4 Å². The van der Waals surface area contributed by atoms with E-state index in [9.17, 15) is 14.4 Å². The number of halogens is 1. The van der Waals surface area contributed by atoms with Gasteiger partial charge in [0.15, 0.2) is 0 Å². The van der Waals surface area contributed by atoms with Gasteiger partial charge >= 0.3 is 0 Å². The lowest BCUT2D eigenvalue weighted by Gasteiger charge is -2.11. The Labute approximate surface area is 120 Å². The van der Waals surface area contributed by atoms with Crippen molar-refractivity contribution in [3.8, 4) is 0 Å². The number of nitrogens with one attached hydrogen (secondary N) is 3. The molecule has 20 heavy (non-hydrogen) atoms. The predicted molar refractivity (Wildman–Crippen MR) is 74.6 cm³/mol. The van der Waals surface area contributed by atoms with Crippen LogP contribution < -0.4 is 16.0 Å². The molecule has 2 rings (SSSR count). The van der Waals surface area contributed by atoms with Crippen LogP contribution >= 0.6 is 11.6 Å². The van der Waals surface area contributed by atoms with Gasteiger partial charge in [0.1, 0.15) is 0 Å². The molecule has 6 nitrogen and oxygen atoms in total. The molecule has 0 aliphatic carbocycles. The Kier molecular flexibility index (Phi) is 4.24. The maximum atomic E-state index is 12.0. The summed E-state index contributed by atoms with van der Waals surface area (Å²) in [7, 11) is 1.50. The molecule has 1 heterocycles. The highest BCUT2D eigenvalue weighted by Crippen LogP contribution is 2.21. The number of carbonyl (C=O) groups excluding carboxylic acids is 3. The average molecular weight is 296 g/mol. The van der Waals surface area contributed by atoms with Crippen molar-refractivity contribution < 1.29 is 14.4 Å². The number of amides is 3. The van der Waals surface area contributed by atoms with E-state index in [2.05, 4.69) is 16.0 Å². The average Bonchev–Trinajstić information content (AvgIpc) is 2.87. The zero-order chi connectivity index (χ0) is 14.7. The molecular formula is C13H14ClN3O3. The minimum Gasteiger partial charge on any atom is -0.355 e. The molecule has 1 aliphatic heterocycles. The van der Waals surface area contributed by atoms with Gasteiger partial charge in [0.2, 0.25) is 11.8 Å². The molecule has 1 unspecified atom stereocenters. The van der Waals surface area contributed by atoms with Crippen LogP contribution in [0.25, 0.3) is 0 Å². The summed E-state index contributed by atoms with van der Waals surface area (Å²) in [6.45, 7) is 0.334. The van der Waals surface area contributed by atoms with E-state index < -0.39 is 0 Å². The minimum absolute atomic E-state index is 0.132. The highest BCUT2D eigenvalue weighted by atomic mass is 35.5. The van der Waals surface area contributed by atoms with Gasteiger partial charge < -0.3 is 16.0 Å². The summed E-state index contributed by atoms with van der Waals surface area (Å²) in [5.41, 5.74) is 0.755. The number of benzene rings is 1. The van der Waals surface area contributed by atoms with Crippen LogP contribution in [0.5, 0.6) is 0 Å².